The van der Waals surface area contributed by atoms with Crippen LogP contribution in [-0.4, -0.2) is 26.5 Å². The third-order valence-electron chi connectivity index (χ3n) is 4.55. The van der Waals surface area contributed by atoms with Crippen molar-refractivity contribution in [1.29, 1.82) is 0 Å². The van der Waals surface area contributed by atoms with Gasteiger partial charge in [0.25, 0.3) is 0 Å². The summed E-state index contributed by atoms with van der Waals surface area (Å²) in [4.78, 5) is 6.24. The monoisotopic (exact) mass is 411 g/mol. The van der Waals surface area contributed by atoms with Crippen LogP contribution in [0, 0.1) is 0 Å². The number of benzene rings is 1. The highest BCUT2D eigenvalue weighted by Gasteiger charge is 2.20. The normalized spacial score (nSPS) is 12.8. The van der Waals surface area contributed by atoms with E-state index in [0.29, 0.717) is 5.69 Å². The number of nitrogens with two attached hydrogens (primary N) is 1. The fourth-order valence-electron chi connectivity index (χ4n) is 3.14. The van der Waals surface area contributed by atoms with E-state index in [-0.39, 0.29) is 6.79 Å². The predicted molar refractivity (Wildman–Crippen MR) is 111 cm³/mol. The quantitative estimate of drug-likeness (QED) is 0.493. The second-order valence-corrected chi connectivity index (χ2v) is 8.17. The van der Waals surface area contributed by atoms with Crippen LogP contribution in [0.3, 0.4) is 0 Å². The van der Waals surface area contributed by atoms with Gasteiger partial charge in [-0.25, -0.2) is 4.98 Å². The van der Waals surface area contributed by atoms with Gasteiger partial charge >= 0.3 is 0 Å². The van der Waals surface area contributed by atoms with Crippen molar-refractivity contribution in [3.8, 4) is 22.2 Å². The molecule has 1 aromatic carbocycles. The number of hydrogen-bond acceptors (Lipinski definition) is 8. The van der Waals surface area contributed by atoms with Crippen molar-refractivity contribution in [3.05, 3.63) is 42.1 Å². The summed E-state index contributed by atoms with van der Waals surface area (Å²) in [6.45, 7) is 3.12. The molecule has 4 aromatic rings. The first-order valence-electron chi connectivity index (χ1n) is 8.82. The molecule has 0 bridgehead atoms. The highest BCUT2D eigenvalue weighted by atomic mass is 32.2. The van der Waals surface area contributed by atoms with Gasteiger partial charge in [-0.15, -0.1) is 21.5 Å². The van der Waals surface area contributed by atoms with E-state index in [2.05, 4.69) is 26.7 Å². The maximum Gasteiger partial charge on any atom is 0.231 e. The van der Waals surface area contributed by atoms with E-state index in [1.54, 1.807) is 29.3 Å². The van der Waals surface area contributed by atoms with Gasteiger partial charge in [-0.2, -0.15) is 0 Å². The Morgan fingerprint density at radius 2 is 2.11 bits per heavy atom. The van der Waals surface area contributed by atoms with E-state index in [0.717, 1.165) is 55.4 Å². The summed E-state index contributed by atoms with van der Waals surface area (Å²) in [5.41, 5.74) is 8.23. The molecule has 28 heavy (non-hydrogen) atoms. The predicted octanol–water partition coefficient (Wildman–Crippen LogP) is 4.18. The molecule has 0 saturated carbocycles. The molecule has 5 rings (SSSR count). The van der Waals surface area contributed by atoms with Gasteiger partial charge in [-0.3, -0.25) is 0 Å². The summed E-state index contributed by atoms with van der Waals surface area (Å²) < 4.78 is 12.9. The van der Waals surface area contributed by atoms with E-state index in [1.807, 2.05) is 30.3 Å². The highest BCUT2D eigenvalue weighted by molar-refractivity contribution is 7.98. The summed E-state index contributed by atoms with van der Waals surface area (Å²) in [6, 6.07) is 9.88. The second-order valence-electron chi connectivity index (χ2n) is 6.23. The summed E-state index contributed by atoms with van der Waals surface area (Å²) in [5.74, 6) is 3.14. The molecular weight excluding hydrogens is 394 g/mol. The van der Waals surface area contributed by atoms with E-state index >= 15 is 0 Å². The number of fused-ring (bicyclic) bond motifs is 2. The van der Waals surface area contributed by atoms with Crippen LogP contribution in [-0.2, 0) is 12.3 Å². The molecule has 1 aliphatic heterocycles. The first kappa shape index (κ1) is 17.3. The molecule has 0 spiro atoms. The number of anilines is 1. The minimum Gasteiger partial charge on any atom is -0.454 e. The SMILES string of the molecule is CCn1c(SCc2ccc3c(c2)OCO3)nnc1-c1sc2ncccc2c1N. The summed E-state index contributed by atoms with van der Waals surface area (Å²) in [6.07, 6.45) is 1.78. The van der Waals surface area contributed by atoms with Crippen molar-refractivity contribution in [1.82, 2.24) is 19.7 Å². The number of hydrogen-bond donors (Lipinski definition) is 1. The van der Waals surface area contributed by atoms with Crippen molar-refractivity contribution in [2.24, 2.45) is 0 Å². The van der Waals surface area contributed by atoms with Gasteiger partial charge in [-0.05, 0) is 36.8 Å². The Morgan fingerprint density at radius 3 is 2.96 bits per heavy atom. The summed E-state index contributed by atoms with van der Waals surface area (Å²) in [5, 5.41) is 10.7. The number of rotatable bonds is 5. The molecule has 142 valence electrons. The highest BCUT2D eigenvalue weighted by Crippen LogP contribution is 2.40. The second kappa shape index (κ2) is 6.99. The topological polar surface area (TPSA) is 88.1 Å². The molecule has 0 amide bonds. The molecule has 3 aromatic heterocycles. The number of ether oxygens (including phenoxy) is 2. The van der Waals surface area contributed by atoms with E-state index in [4.69, 9.17) is 15.2 Å². The van der Waals surface area contributed by atoms with E-state index in [9.17, 15) is 0 Å². The number of aromatic nitrogens is 4. The Labute approximate surface area is 169 Å². The molecule has 0 radical (unpaired) electrons. The third-order valence-corrected chi connectivity index (χ3v) is 6.71. The van der Waals surface area contributed by atoms with Crippen molar-refractivity contribution in [2.75, 3.05) is 12.5 Å². The Kier molecular flexibility index (Phi) is 4.33. The average molecular weight is 412 g/mol. The zero-order valence-corrected chi connectivity index (χ0v) is 16.7. The Balaban J connectivity index is 1.44. The first-order valence-corrected chi connectivity index (χ1v) is 10.6. The van der Waals surface area contributed by atoms with Crippen LogP contribution in [0.25, 0.3) is 20.9 Å². The maximum atomic E-state index is 6.38. The Bertz CT molecular complexity index is 1170. The van der Waals surface area contributed by atoms with Gasteiger partial charge in [0.15, 0.2) is 22.5 Å². The van der Waals surface area contributed by atoms with Gasteiger partial charge < -0.3 is 19.8 Å². The summed E-state index contributed by atoms with van der Waals surface area (Å²) >= 11 is 3.19. The van der Waals surface area contributed by atoms with Gasteiger partial charge in [-0.1, -0.05) is 17.8 Å². The molecule has 1 aliphatic rings. The molecule has 2 N–H and O–H groups in total. The standard InChI is InChI=1S/C19H17N5O2S2/c1-2-24-17(16-15(20)12-4-3-7-21-18(12)28-16)22-23-19(24)27-9-11-5-6-13-14(8-11)26-10-25-13/h3-8H,2,9-10,20H2,1H3. The molecule has 0 saturated heterocycles. The van der Waals surface area contributed by atoms with Gasteiger partial charge in [0.05, 0.1) is 10.6 Å². The zero-order chi connectivity index (χ0) is 19.1. The van der Waals surface area contributed by atoms with Crippen LogP contribution in [0.5, 0.6) is 11.5 Å². The number of thioether (sulfide) groups is 1. The lowest BCUT2D eigenvalue weighted by atomic mass is 10.2. The van der Waals surface area contributed by atoms with Crippen molar-refractivity contribution in [3.63, 3.8) is 0 Å². The average Bonchev–Trinajstić information content (AvgIpc) is 3.43. The van der Waals surface area contributed by atoms with E-state index < -0.39 is 0 Å². The summed E-state index contributed by atoms with van der Waals surface area (Å²) in [7, 11) is 0. The lowest BCUT2D eigenvalue weighted by Crippen LogP contribution is -2.00. The van der Waals surface area contributed by atoms with Crippen LogP contribution >= 0.6 is 23.1 Å². The largest absolute Gasteiger partial charge is 0.454 e. The zero-order valence-electron chi connectivity index (χ0n) is 15.1. The van der Waals surface area contributed by atoms with Crippen LogP contribution in [0.15, 0.2) is 41.7 Å². The first-order chi connectivity index (χ1) is 13.7. The van der Waals surface area contributed by atoms with Crippen molar-refractivity contribution < 1.29 is 9.47 Å². The fourth-order valence-corrected chi connectivity index (χ4v) is 5.15. The minimum atomic E-state index is 0.283. The van der Waals surface area contributed by atoms with Crippen molar-refractivity contribution >= 4 is 39.0 Å². The van der Waals surface area contributed by atoms with Gasteiger partial charge in [0, 0.05) is 23.9 Å². The van der Waals surface area contributed by atoms with Crippen LogP contribution in [0.4, 0.5) is 5.69 Å². The molecule has 0 unspecified atom stereocenters. The molecule has 7 nitrogen and oxygen atoms in total. The lowest BCUT2D eigenvalue weighted by molar-refractivity contribution is 0.174. The Hall–Kier alpha value is -2.78. The molecule has 0 aliphatic carbocycles. The van der Waals surface area contributed by atoms with Crippen molar-refractivity contribution in [2.45, 2.75) is 24.4 Å². The number of pyridine rings is 1. The Morgan fingerprint density at radius 1 is 1.21 bits per heavy atom. The maximum absolute atomic E-state index is 6.38. The molecule has 4 heterocycles. The molecule has 9 heteroatoms. The minimum absolute atomic E-state index is 0.283. The third kappa shape index (κ3) is 2.87. The van der Waals surface area contributed by atoms with Crippen LogP contribution < -0.4 is 15.2 Å². The molecule has 0 atom stereocenters. The number of thiophene rings is 1. The molecular formula is C19H17N5O2S2. The number of nitrogen functional groups attached to an aromatic ring is 1. The molecule has 0 fully saturated rings. The van der Waals surface area contributed by atoms with Crippen LogP contribution in [0.1, 0.15) is 12.5 Å². The van der Waals surface area contributed by atoms with Gasteiger partial charge in [0.1, 0.15) is 4.83 Å². The van der Waals surface area contributed by atoms with Gasteiger partial charge in [0.2, 0.25) is 6.79 Å². The smallest absolute Gasteiger partial charge is 0.231 e. The van der Waals surface area contributed by atoms with E-state index in [1.165, 1.54) is 0 Å². The fraction of sp³-hybridized carbons (Fsp3) is 0.211. The number of nitrogens with zero attached hydrogens (tertiary/aromatic N) is 4. The van der Waals surface area contributed by atoms with Crippen LogP contribution in [0.2, 0.25) is 0 Å². The lowest BCUT2D eigenvalue weighted by Gasteiger charge is -2.07.